The normalized spacial score (nSPS) is 13.0. The molecular weight excluding hydrogens is 304 g/mol. The Morgan fingerprint density at radius 2 is 1.82 bits per heavy atom. The molecule has 1 aromatic carbocycles. The van der Waals surface area contributed by atoms with Crippen molar-refractivity contribution in [3.05, 3.63) is 46.8 Å². The Morgan fingerprint density at radius 3 is 2.41 bits per heavy atom. The summed E-state index contributed by atoms with van der Waals surface area (Å²) in [7, 11) is 0. The van der Waals surface area contributed by atoms with Crippen LogP contribution in [-0.4, -0.2) is 11.9 Å². The average Bonchev–Trinajstić information content (AvgIpc) is 2.90. The minimum absolute atomic E-state index is 0.0221. The van der Waals surface area contributed by atoms with Gasteiger partial charge in [-0.05, 0) is 42.2 Å². The lowest BCUT2D eigenvalue weighted by molar-refractivity contribution is 0.0914. The van der Waals surface area contributed by atoms with Gasteiger partial charge in [0.25, 0.3) is 5.91 Å². The molecule has 0 spiro atoms. The van der Waals surface area contributed by atoms with Gasteiger partial charge in [-0.2, -0.15) is 0 Å². The van der Waals surface area contributed by atoms with Crippen LogP contribution in [0.1, 0.15) is 37.4 Å². The Morgan fingerprint density at radius 1 is 1.14 bits per heavy atom. The molecule has 2 aromatic rings. The number of halogens is 2. The second-order valence-electron chi connectivity index (χ2n) is 6.35. The van der Waals surface area contributed by atoms with E-state index in [1.54, 1.807) is 12.1 Å². The van der Waals surface area contributed by atoms with Gasteiger partial charge in [-0.1, -0.05) is 26.8 Å². The average molecular weight is 323 g/mol. The zero-order valence-corrected chi connectivity index (χ0v) is 13.9. The van der Waals surface area contributed by atoms with Gasteiger partial charge in [0, 0.05) is 10.9 Å². The first kappa shape index (κ1) is 16.6. The largest absolute Gasteiger partial charge is 0.348 e. The predicted octanol–water partition coefficient (Wildman–Crippen LogP) is 4.86. The van der Waals surface area contributed by atoms with Gasteiger partial charge in [-0.25, -0.2) is 8.78 Å². The summed E-state index contributed by atoms with van der Waals surface area (Å²) in [6.07, 6.45) is 0. The van der Waals surface area contributed by atoms with Crippen LogP contribution in [0.2, 0.25) is 0 Å². The third kappa shape index (κ3) is 3.71. The van der Waals surface area contributed by atoms with E-state index in [9.17, 15) is 13.6 Å². The van der Waals surface area contributed by atoms with Crippen LogP contribution in [0.15, 0.2) is 30.3 Å². The van der Waals surface area contributed by atoms with E-state index >= 15 is 0 Å². The Labute approximate surface area is 133 Å². The first-order chi connectivity index (χ1) is 10.2. The van der Waals surface area contributed by atoms with Crippen molar-refractivity contribution in [2.75, 3.05) is 0 Å². The molecule has 0 unspecified atom stereocenters. The zero-order chi connectivity index (χ0) is 16.5. The van der Waals surface area contributed by atoms with Crippen LogP contribution in [0.3, 0.4) is 0 Å². The number of amides is 1. The molecule has 1 heterocycles. The molecule has 22 heavy (non-hydrogen) atoms. The number of rotatable bonds is 3. The minimum atomic E-state index is -0.891. The van der Waals surface area contributed by atoms with Crippen LogP contribution >= 0.6 is 11.3 Å². The van der Waals surface area contributed by atoms with Crippen LogP contribution in [0.25, 0.3) is 10.4 Å². The quantitative estimate of drug-likeness (QED) is 0.859. The molecular formula is C17H19F2NOS. The summed E-state index contributed by atoms with van der Waals surface area (Å²) in [6, 6.07) is 7.20. The fraction of sp³-hybridized carbons (Fsp3) is 0.353. The highest BCUT2D eigenvalue weighted by molar-refractivity contribution is 7.17. The highest BCUT2D eigenvalue weighted by atomic mass is 32.1. The van der Waals surface area contributed by atoms with E-state index in [1.807, 2.05) is 6.92 Å². The summed E-state index contributed by atoms with van der Waals surface area (Å²) < 4.78 is 26.3. The molecule has 0 aliphatic carbocycles. The highest BCUT2D eigenvalue weighted by Crippen LogP contribution is 2.29. The van der Waals surface area contributed by atoms with Crippen molar-refractivity contribution < 1.29 is 13.6 Å². The van der Waals surface area contributed by atoms with Crippen LogP contribution in [0.4, 0.5) is 8.78 Å². The molecule has 118 valence electrons. The van der Waals surface area contributed by atoms with Gasteiger partial charge in [0.1, 0.15) is 0 Å². The molecule has 0 aliphatic rings. The Hall–Kier alpha value is -1.75. The maximum Gasteiger partial charge on any atom is 0.261 e. The standard InChI is InChI=1S/C17H19F2NOS/c1-10(17(2,3)4)20-16(21)15-8-7-14(22-15)11-5-6-12(18)13(19)9-11/h5-10H,1-4H3,(H,20,21)/t10-/m1/s1. The van der Waals surface area contributed by atoms with Crippen molar-refractivity contribution in [1.29, 1.82) is 0 Å². The fourth-order valence-electron chi connectivity index (χ4n) is 1.75. The zero-order valence-electron chi connectivity index (χ0n) is 13.0. The summed E-state index contributed by atoms with van der Waals surface area (Å²) in [4.78, 5) is 13.5. The molecule has 5 heteroatoms. The lowest BCUT2D eigenvalue weighted by Gasteiger charge is -2.27. The van der Waals surface area contributed by atoms with Gasteiger partial charge < -0.3 is 5.32 Å². The van der Waals surface area contributed by atoms with Crippen LogP contribution in [0, 0.1) is 17.0 Å². The van der Waals surface area contributed by atoms with Crippen molar-refractivity contribution in [3.63, 3.8) is 0 Å². The van der Waals surface area contributed by atoms with Gasteiger partial charge in [0.15, 0.2) is 11.6 Å². The van der Waals surface area contributed by atoms with E-state index in [1.165, 1.54) is 17.4 Å². The maximum atomic E-state index is 13.3. The van der Waals surface area contributed by atoms with Crippen molar-refractivity contribution in [1.82, 2.24) is 5.32 Å². The number of benzene rings is 1. The molecule has 0 saturated carbocycles. The van der Waals surface area contributed by atoms with E-state index in [0.29, 0.717) is 10.4 Å². The number of hydrogen-bond acceptors (Lipinski definition) is 2. The highest BCUT2D eigenvalue weighted by Gasteiger charge is 2.22. The molecule has 1 atom stereocenters. The second kappa shape index (κ2) is 6.16. The number of carbonyl (C=O) groups is 1. The lowest BCUT2D eigenvalue weighted by Crippen LogP contribution is -2.41. The van der Waals surface area contributed by atoms with E-state index in [-0.39, 0.29) is 17.4 Å². The van der Waals surface area contributed by atoms with Crippen LogP contribution < -0.4 is 5.32 Å². The SMILES string of the molecule is C[C@@H](NC(=O)c1ccc(-c2ccc(F)c(F)c2)s1)C(C)(C)C. The molecule has 2 rings (SSSR count). The van der Waals surface area contributed by atoms with Crippen molar-refractivity contribution >= 4 is 17.2 Å². The summed E-state index contributed by atoms with van der Waals surface area (Å²) in [6.45, 7) is 8.12. The van der Waals surface area contributed by atoms with Gasteiger partial charge in [-0.3, -0.25) is 4.79 Å². The first-order valence-corrected chi connectivity index (χ1v) is 7.86. The summed E-state index contributed by atoms with van der Waals surface area (Å²) in [5.41, 5.74) is 0.530. The first-order valence-electron chi connectivity index (χ1n) is 7.04. The van der Waals surface area contributed by atoms with E-state index < -0.39 is 11.6 Å². The van der Waals surface area contributed by atoms with Gasteiger partial charge in [-0.15, -0.1) is 11.3 Å². The summed E-state index contributed by atoms with van der Waals surface area (Å²) in [5.74, 6) is -1.92. The second-order valence-corrected chi connectivity index (χ2v) is 7.44. The topological polar surface area (TPSA) is 29.1 Å². The smallest absolute Gasteiger partial charge is 0.261 e. The van der Waals surface area contributed by atoms with Crippen molar-refractivity contribution in [2.45, 2.75) is 33.7 Å². The van der Waals surface area contributed by atoms with E-state index in [4.69, 9.17) is 0 Å². The predicted molar refractivity (Wildman–Crippen MR) is 86.1 cm³/mol. The van der Waals surface area contributed by atoms with Crippen LogP contribution in [0.5, 0.6) is 0 Å². The van der Waals surface area contributed by atoms with Crippen molar-refractivity contribution in [3.8, 4) is 10.4 Å². The van der Waals surface area contributed by atoms with E-state index in [2.05, 4.69) is 26.1 Å². The number of carbonyl (C=O) groups excluding carboxylic acids is 1. The van der Waals surface area contributed by atoms with E-state index in [0.717, 1.165) is 17.0 Å². The maximum absolute atomic E-state index is 13.3. The fourth-order valence-corrected chi connectivity index (χ4v) is 2.65. The number of hydrogen-bond donors (Lipinski definition) is 1. The Kier molecular flexibility index (Phi) is 4.66. The molecule has 0 fully saturated rings. The monoisotopic (exact) mass is 323 g/mol. The summed E-state index contributed by atoms with van der Waals surface area (Å²) >= 11 is 1.26. The minimum Gasteiger partial charge on any atom is -0.348 e. The Bertz CT molecular complexity index is 688. The van der Waals surface area contributed by atoms with Gasteiger partial charge >= 0.3 is 0 Å². The van der Waals surface area contributed by atoms with Crippen molar-refractivity contribution in [2.24, 2.45) is 5.41 Å². The third-order valence-electron chi connectivity index (χ3n) is 3.68. The van der Waals surface area contributed by atoms with Gasteiger partial charge in [0.2, 0.25) is 0 Å². The third-order valence-corrected chi connectivity index (χ3v) is 4.81. The molecule has 1 N–H and O–H groups in total. The number of thiophene rings is 1. The van der Waals surface area contributed by atoms with Crippen LogP contribution in [-0.2, 0) is 0 Å². The summed E-state index contributed by atoms with van der Waals surface area (Å²) in [5, 5.41) is 2.96. The molecule has 0 bridgehead atoms. The molecule has 1 amide bonds. The molecule has 0 aliphatic heterocycles. The molecule has 0 radical (unpaired) electrons. The van der Waals surface area contributed by atoms with Gasteiger partial charge in [0.05, 0.1) is 4.88 Å². The molecule has 0 saturated heterocycles. The molecule has 1 aromatic heterocycles. The lowest BCUT2D eigenvalue weighted by atomic mass is 9.88. The number of nitrogens with one attached hydrogen (secondary N) is 1. The Balaban J connectivity index is 2.17. The molecule has 2 nitrogen and oxygen atoms in total.